The van der Waals surface area contributed by atoms with Crippen LogP contribution in [0.15, 0.2) is 95.6 Å². The molecular weight excluding hydrogens is 664 g/mol. The Kier molecular flexibility index (Phi) is 12.3. The van der Waals surface area contributed by atoms with E-state index in [0.717, 1.165) is 49.2 Å². The first-order valence-electron chi connectivity index (χ1n) is 18.3. The Hall–Kier alpha value is -3.95. The number of nitrogens with zero attached hydrogens (tertiary/aromatic N) is 2. The molecular formula is C42H49ClN2O6. The minimum absolute atomic E-state index is 0.0967. The first-order valence-corrected chi connectivity index (χ1v) is 18.6. The molecule has 3 N–H and O–H groups in total. The van der Waals surface area contributed by atoms with Crippen molar-refractivity contribution < 1.29 is 29.6 Å². The summed E-state index contributed by atoms with van der Waals surface area (Å²) in [6, 6.07) is 24.4. The minimum atomic E-state index is -0.953. The van der Waals surface area contributed by atoms with Crippen molar-refractivity contribution in [1.29, 1.82) is 0 Å². The Morgan fingerprint density at radius 1 is 0.980 bits per heavy atom. The molecule has 9 heteroatoms. The van der Waals surface area contributed by atoms with Gasteiger partial charge in [0.15, 0.2) is 0 Å². The van der Waals surface area contributed by atoms with Crippen molar-refractivity contribution in [2.24, 2.45) is 17.8 Å². The van der Waals surface area contributed by atoms with E-state index in [4.69, 9.17) is 16.3 Å². The van der Waals surface area contributed by atoms with Crippen LogP contribution in [0.4, 0.5) is 0 Å². The number of rotatable bonds is 14. The van der Waals surface area contributed by atoms with Crippen LogP contribution in [0.2, 0.25) is 5.02 Å². The molecule has 3 aromatic rings. The topological polar surface area (TPSA) is 111 Å². The molecule has 2 saturated heterocycles. The lowest BCUT2D eigenvalue weighted by Gasteiger charge is -2.37. The highest BCUT2D eigenvalue weighted by molar-refractivity contribution is 6.32. The molecule has 2 aliphatic heterocycles. The van der Waals surface area contributed by atoms with Crippen LogP contribution in [0.5, 0.6) is 11.5 Å². The molecule has 0 radical (unpaired) electrons. The molecule has 8 nitrogen and oxygen atoms in total. The third kappa shape index (κ3) is 8.58. The van der Waals surface area contributed by atoms with Gasteiger partial charge in [-0.2, -0.15) is 0 Å². The van der Waals surface area contributed by atoms with Gasteiger partial charge in [0.2, 0.25) is 11.8 Å². The molecule has 2 amide bonds. The fourth-order valence-electron chi connectivity index (χ4n) is 8.26. The molecule has 0 aromatic heterocycles. The van der Waals surface area contributed by atoms with Crippen molar-refractivity contribution in [3.05, 3.63) is 112 Å². The predicted molar refractivity (Wildman–Crippen MR) is 199 cm³/mol. The van der Waals surface area contributed by atoms with Crippen molar-refractivity contribution in [2.45, 2.75) is 70.6 Å². The fourth-order valence-corrected chi connectivity index (χ4v) is 8.49. The number of carbonyl (C=O) groups excluding carboxylic acids is 2. The molecule has 0 spiro atoms. The maximum Gasteiger partial charge on any atom is 0.234 e. The zero-order valence-corrected chi connectivity index (χ0v) is 30.0. The Bertz CT molecular complexity index is 1720. The van der Waals surface area contributed by atoms with Gasteiger partial charge in [-0.1, -0.05) is 85.1 Å². The number of amides is 2. The van der Waals surface area contributed by atoms with Crippen LogP contribution in [0.25, 0.3) is 6.08 Å². The maximum atomic E-state index is 14.3. The van der Waals surface area contributed by atoms with E-state index in [9.17, 15) is 24.9 Å². The summed E-state index contributed by atoms with van der Waals surface area (Å²) >= 11 is 6.42. The highest BCUT2D eigenvalue weighted by atomic mass is 35.5. The number of aliphatic hydroxyl groups excluding tert-OH is 2. The van der Waals surface area contributed by atoms with Crippen LogP contribution in [-0.4, -0.2) is 75.4 Å². The van der Waals surface area contributed by atoms with E-state index in [1.165, 1.54) is 16.5 Å². The molecule has 4 atom stereocenters. The van der Waals surface area contributed by atoms with E-state index in [2.05, 4.69) is 24.0 Å². The maximum absolute atomic E-state index is 14.3. The minimum Gasteiger partial charge on any atom is -0.508 e. The molecule has 1 aliphatic carbocycles. The van der Waals surface area contributed by atoms with Crippen molar-refractivity contribution in [1.82, 2.24) is 9.80 Å². The molecule has 2 fully saturated rings. The number of imide groups is 1. The second-order valence-corrected chi connectivity index (χ2v) is 14.5. The Morgan fingerprint density at radius 3 is 2.35 bits per heavy atom. The van der Waals surface area contributed by atoms with Crippen LogP contribution in [-0.2, 0) is 16.1 Å². The largest absolute Gasteiger partial charge is 0.508 e. The number of fused-ring (bicyclic) bond motifs is 1. The number of likely N-dealkylation sites (tertiary alicyclic amines) is 2. The summed E-state index contributed by atoms with van der Waals surface area (Å²) in [6.07, 6.45) is 5.40. The quantitative estimate of drug-likeness (QED) is 0.122. The molecule has 3 aliphatic rings. The van der Waals surface area contributed by atoms with E-state index in [0.29, 0.717) is 48.4 Å². The number of allylic oxidation sites excluding steroid dienone is 1. The number of phenolic OH excluding ortho intramolecular Hbond substituents is 1. The van der Waals surface area contributed by atoms with Gasteiger partial charge in [0.25, 0.3) is 0 Å². The van der Waals surface area contributed by atoms with Gasteiger partial charge < -0.3 is 20.1 Å². The lowest BCUT2D eigenvalue weighted by molar-refractivity contribution is -0.144. The second kappa shape index (κ2) is 17.0. The average Bonchev–Trinajstić information content (AvgIpc) is 3.39. The fraction of sp³-hybridized carbons (Fsp3) is 0.429. The highest BCUT2D eigenvalue weighted by Crippen LogP contribution is 2.47. The molecule has 51 heavy (non-hydrogen) atoms. The van der Waals surface area contributed by atoms with Gasteiger partial charge in [-0.05, 0) is 91.1 Å². The molecule has 270 valence electrons. The van der Waals surface area contributed by atoms with Gasteiger partial charge in [0, 0.05) is 31.6 Å². The standard InChI is InChI=1S/C42H49ClN2O6/c1-2-9-28(22-30-15-16-33(47)24-37(30)43)14-17-38(48)39-31(27-51-34-12-7-4-8-13-34)23-35-40(36(39)26-46)42(50)45(41(35)49)32-18-20-44(21-19-32)25-29-10-5-3-6-11-29/h3-8,10-13,15-16,22,24,32,35-36,38,40,46-48H,2,9,14,17-21,23,25-27H2,1H3/b28-22+/t35-,36+,38-,40-/m1/s1. The van der Waals surface area contributed by atoms with Gasteiger partial charge in [-0.15, -0.1) is 0 Å². The van der Waals surface area contributed by atoms with Crippen molar-refractivity contribution in [3.8, 4) is 11.5 Å². The third-order valence-corrected chi connectivity index (χ3v) is 11.1. The molecule has 0 bridgehead atoms. The average molecular weight is 713 g/mol. The smallest absolute Gasteiger partial charge is 0.234 e. The van der Waals surface area contributed by atoms with Crippen LogP contribution in [0.1, 0.15) is 63.0 Å². The van der Waals surface area contributed by atoms with Crippen LogP contribution in [0, 0.1) is 17.8 Å². The molecule has 2 heterocycles. The Balaban J connectivity index is 1.22. The van der Waals surface area contributed by atoms with Crippen molar-refractivity contribution in [3.63, 3.8) is 0 Å². The number of hydrogen-bond acceptors (Lipinski definition) is 7. The highest BCUT2D eigenvalue weighted by Gasteiger charge is 2.56. The number of halogens is 1. The number of phenols is 1. The summed E-state index contributed by atoms with van der Waals surface area (Å²) in [6.45, 7) is 4.30. The van der Waals surface area contributed by atoms with Crippen LogP contribution >= 0.6 is 11.6 Å². The number of aliphatic hydroxyl groups is 2. The molecule has 6 rings (SSSR count). The van der Waals surface area contributed by atoms with E-state index in [1.54, 1.807) is 12.1 Å². The number of ether oxygens (including phenoxy) is 1. The summed E-state index contributed by atoms with van der Waals surface area (Å²) in [7, 11) is 0. The Labute approximate surface area is 306 Å². The number of para-hydroxylation sites is 1. The number of carbonyl (C=O) groups is 2. The monoisotopic (exact) mass is 712 g/mol. The lowest BCUT2D eigenvalue weighted by Crippen LogP contribution is -2.47. The van der Waals surface area contributed by atoms with Crippen molar-refractivity contribution in [2.75, 3.05) is 26.3 Å². The number of piperidine rings is 1. The lowest BCUT2D eigenvalue weighted by atomic mass is 9.68. The van der Waals surface area contributed by atoms with Gasteiger partial charge >= 0.3 is 0 Å². The SMILES string of the molecule is CCC/C(=C\c1ccc(O)cc1Cl)CC[C@@H](O)C1=C(COc2ccccc2)C[C@H]2C(=O)N(C3CCN(Cc4ccccc4)CC3)C(=O)[C@H]2[C@H]1CO. The first-order chi connectivity index (χ1) is 24.8. The van der Waals surface area contributed by atoms with Gasteiger partial charge in [0.1, 0.15) is 18.1 Å². The van der Waals surface area contributed by atoms with Gasteiger partial charge in [-0.3, -0.25) is 19.4 Å². The number of aromatic hydroxyl groups is 1. The van der Waals surface area contributed by atoms with Gasteiger partial charge in [-0.25, -0.2) is 0 Å². The molecule has 0 unspecified atom stereocenters. The van der Waals surface area contributed by atoms with E-state index < -0.39 is 23.9 Å². The van der Waals surface area contributed by atoms with Crippen LogP contribution < -0.4 is 4.74 Å². The van der Waals surface area contributed by atoms with E-state index >= 15 is 0 Å². The first kappa shape index (κ1) is 36.8. The van der Waals surface area contributed by atoms with E-state index in [1.807, 2.05) is 54.6 Å². The predicted octanol–water partition coefficient (Wildman–Crippen LogP) is 7.02. The summed E-state index contributed by atoms with van der Waals surface area (Å²) in [5, 5.41) is 33.1. The van der Waals surface area contributed by atoms with Crippen molar-refractivity contribution >= 4 is 29.5 Å². The van der Waals surface area contributed by atoms with E-state index in [-0.39, 0.29) is 36.8 Å². The summed E-state index contributed by atoms with van der Waals surface area (Å²) in [5.41, 5.74) is 4.52. The van der Waals surface area contributed by atoms with Gasteiger partial charge in [0.05, 0.1) is 29.6 Å². The third-order valence-electron chi connectivity index (χ3n) is 10.8. The zero-order valence-electron chi connectivity index (χ0n) is 29.3. The summed E-state index contributed by atoms with van der Waals surface area (Å²) in [4.78, 5) is 32.3. The Morgan fingerprint density at radius 2 is 1.69 bits per heavy atom. The molecule has 0 saturated carbocycles. The number of benzene rings is 3. The summed E-state index contributed by atoms with van der Waals surface area (Å²) < 4.78 is 6.19. The zero-order chi connectivity index (χ0) is 35.9. The number of hydrogen-bond donors (Lipinski definition) is 3. The normalized spacial score (nSPS) is 22.4. The molecule has 3 aromatic carbocycles. The summed E-state index contributed by atoms with van der Waals surface area (Å²) in [5.74, 6) is -1.66. The second-order valence-electron chi connectivity index (χ2n) is 14.1. The van der Waals surface area contributed by atoms with Crippen LogP contribution in [0.3, 0.4) is 0 Å².